The summed E-state index contributed by atoms with van der Waals surface area (Å²) >= 11 is 3.51. The molecule has 0 saturated heterocycles. The van der Waals surface area contributed by atoms with Gasteiger partial charge in [-0.05, 0) is 35.4 Å². The summed E-state index contributed by atoms with van der Waals surface area (Å²) in [5, 5.41) is 0. The number of hydrogen-bond donors (Lipinski definition) is 1. The molecular weight excluding hydrogens is 290 g/mol. The van der Waals surface area contributed by atoms with E-state index in [4.69, 9.17) is 5.73 Å². The van der Waals surface area contributed by atoms with E-state index in [2.05, 4.69) is 51.1 Å². The van der Waals surface area contributed by atoms with Crippen LogP contribution in [0.1, 0.15) is 11.1 Å². The van der Waals surface area contributed by atoms with Crippen molar-refractivity contribution >= 4 is 21.6 Å². The number of halogens is 1. The van der Waals surface area contributed by atoms with E-state index in [0.717, 1.165) is 22.3 Å². The van der Waals surface area contributed by atoms with E-state index in [1.165, 1.54) is 5.56 Å². The molecule has 0 atom stereocenters. The Morgan fingerprint density at radius 2 is 2.11 bits per heavy atom. The molecule has 2 N–H and O–H groups in total. The summed E-state index contributed by atoms with van der Waals surface area (Å²) in [5.74, 6) is 0. The molecule has 0 bridgehead atoms. The largest absolute Gasteiger partial charge is 0.370 e. The third-order valence-corrected chi connectivity index (χ3v) is 3.22. The normalized spacial score (nSPS) is 10.4. The highest BCUT2D eigenvalue weighted by Gasteiger charge is 2.05. The van der Waals surface area contributed by atoms with Crippen LogP contribution in [0.15, 0.2) is 47.2 Å². The predicted molar refractivity (Wildman–Crippen MR) is 78.4 cm³/mol. The molecule has 2 rings (SSSR count). The Hall–Kier alpha value is -1.39. The van der Waals surface area contributed by atoms with E-state index in [0.29, 0.717) is 6.54 Å². The zero-order valence-corrected chi connectivity index (χ0v) is 11.9. The molecule has 0 aliphatic rings. The third-order valence-electron chi connectivity index (χ3n) is 2.76. The van der Waals surface area contributed by atoms with Gasteiger partial charge in [-0.3, -0.25) is 4.98 Å². The molecule has 0 saturated carbocycles. The van der Waals surface area contributed by atoms with Gasteiger partial charge in [-0.15, -0.1) is 0 Å². The molecule has 0 fully saturated rings. The van der Waals surface area contributed by atoms with Crippen LogP contribution >= 0.6 is 15.9 Å². The maximum Gasteiger partial charge on any atom is 0.0441 e. The topological polar surface area (TPSA) is 42.2 Å². The van der Waals surface area contributed by atoms with E-state index < -0.39 is 0 Å². The highest BCUT2D eigenvalue weighted by atomic mass is 79.9. The van der Waals surface area contributed by atoms with Gasteiger partial charge in [-0.2, -0.15) is 0 Å². The van der Waals surface area contributed by atoms with Crippen molar-refractivity contribution in [3.63, 3.8) is 0 Å². The number of rotatable bonds is 4. The van der Waals surface area contributed by atoms with Crippen molar-refractivity contribution in [2.24, 2.45) is 5.73 Å². The van der Waals surface area contributed by atoms with E-state index in [-0.39, 0.29) is 0 Å². The first-order chi connectivity index (χ1) is 8.69. The lowest BCUT2D eigenvalue weighted by molar-refractivity contribution is 0.911. The van der Waals surface area contributed by atoms with Crippen LogP contribution in [-0.2, 0) is 13.1 Å². The summed E-state index contributed by atoms with van der Waals surface area (Å²) in [5.41, 5.74) is 9.15. The Kier molecular flexibility index (Phi) is 4.33. The van der Waals surface area contributed by atoms with Gasteiger partial charge in [0, 0.05) is 42.7 Å². The smallest absolute Gasteiger partial charge is 0.0441 e. The summed E-state index contributed by atoms with van der Waals surface area (Å²) in [6.07, 6.45) is 3.67. The van der Waals surface area contributed by atoms with Crippen LogP contribution in [0.5, 0.6) is 0 Å². The van der Waals surface area contributed by atoms with Crippen LogP contribution in [0.25, 0.3) is 0 Å². The van der Waals surface area contributed by atoms with Gasteiger partial charge in [0.2, 0.25) is 0 Å². The average molecular weight is 306 g/mol. The Morgan fingerprint density at radius 3 is 2.78 bits per heavy atom. The number of nitrogens with two attached hydrogens (primary N) is 1. The van der Waals surface area contributed by atoms with E-state index in [1.54, 1.807) is 6.20 Å². The highest BCUT2D eigenvalue weighted by Crippen LogP contribution is 2.23. The number of aromatic nitrogens is 1. The molecule has 0 radical (unpaired) electrons. The molecule has 0 amide bonds. The van der Waals surface area contributed by atoms with Gasteiger partial charge in [-0.25, -0.2) is 0 Å². The minimum atomic E-state index is 0.549. The molecule has 2 aromatic rings. The van der Waals surface area contributed by atoms with Gasteiger partial charge in [0.25, 0.3) is 0 Å². The Labute approximate surface area is 116 Å². The zero-order valence-electron chi connectivity index (χ0n) is 10.3. The third kappa shape index (κ3) is 3.31. The van der Waals surface area contributed by atoms with Crippen LogP contribution in [0.4, 0.5) is 5.69 Å². The van der Waals surface area contributed by atoms with Gasteiger partial charge in [0.1, 0.15) is 0 Å². The first kappa shape index (κ1) is 13.1. The van der Waals surface area contributed by atoms with Gasteiger partial charge >= 0.3 is 0 Å². The van der Waals surface area contributed by atoms with Crippen molar-refractivity contribution in [3.05, 3.63) is 58.3 Å². The number of hydrogen-bond acceptors (Lipinski definition) is 3. The molecule has 1 aromatic heterocycles. The van der Waals surface area contributed by atoms with Crippen LogP contribution in [0.2, 0.25) is 0 Å². The second-order valence-electron chi connectivity index (χ2n) is 4.24. The van der Waals surface area contributed by atoms with Gasteiger partial charge < -0.3 is 10.6 Å². The second-order valence-corrected chi connectivity index (χ2v) is 5.15. The number of nitrogens with zero attached hydrogens (tertiary/aromatic N) is 2. The van der Waals surface area contributed by atoms with Crippen molar-refractivity contribution in [2.45, 2.75) is 13.1 Å². The summed E-state index contributed by atoms with van der Waals surface area (Å²) < 4.78 is 1.05. The Balaban J connectivity index is 2.18. The molecule has 3 nitrogen and oxygen atoms in total. The minimum absolute atomic E-state index is 0.549. The fourth-order valence-corrected chi connectivity index (χ4v) is 2.36. The molecular formula is C14H16BrN3. The standard InChI is InChI=1S/C14H16BrN3/c1-18(10-11-3-2-4-17-9-11)14-6-12(8-16)5-13(15)7-14/h2-7,9H,8,10,16H2,1H3. The summed E-state index contributed by atoms with van der Waals surface area (Å²) in [4.78, 5) is 6.31. The van der Waals surface area contributed by atoms with E-state index in [1.807, 2.05) is 18.3 Å². The Morgan fingerprint density at radius 1 is 1.28 bits per heavy atom. The monoisotopic (exact) mass is 305 g/mol. The van der Waals surface area contributed by atoms with Gasteiger partial charge in [-0.1, -0.05) is 22.0 Å². The van der Waals surface area contributed by atoms with E-state index >= 15 is 0 Å². The molecule has 0 unspecified atom stereocenters. The molecule has 1 aromatic carbocycles. The van der Waals surface area contributed by atoms with Crippen molar-refractivity contribution in [3.8, 4) is 0 Å². The van der Waals surface area contributed by atoms with Crippen molar-refractivity contribution in [1.29, 1.82) is 0 Å². The van der Waals surface area contributed by atoms with Crippen LogP contribution < -0.4 is 10.6 Å². The SMILES string of the molecule is CN(Cc1cccnc1)c1cc(Br)cc(CN)c1. The fraction of sp³-hybridized carbons (Fsp3) is 0.214. The lowest BCUT2D eigenvalue weighted by Crippen LogP contribution is -2.16. The molecule has 18 heavy (non-hydrogen) atoms. The molecule has 1 heterocycles. The molecule has 0 aliphatic carbocycles. The van der Waals surface area contributed by atoms with Crippen molar-refractivity contribution in [1.82, 2.24) is 4.98 Å². The zero-order chi connectivity index (χ0) is 13.0. The van der Waals surface area contributed by atoms with Gasteiger partial charge in [0.05, 0.1) is 0 Å². The number of anilines is 1. The molecule has 4 heteroatoms. The predicted octanol–water partition coefficient (Wildman–Crippen LogP) is 2.94. The molecule has 0 spiro atoms. The van der Waals surface area contributed by atoms with Crippen molar-refractivity contribution in [2.75, 3.05) is 11.9 Å². The maximum absolute atomic E-state index is 5.69. The molecule has 94 valence electrons. The number of benzene rings is 1. The lowest BCUT2D eigenvalue weighted by Gasteiger charge is -2.20. The van der Waals surface area contributed by atoms with Crippen LogP contribution in [0.3, 0.4) is 0 Å². The van der Waals surface area contributed by atoms with Crippen molar-refractivity contribution < 1.29 is 0 Å². The summed E-state index contributed by atoms with van der Waals surface area (Å²) in [7, 11) is 2.06. The summed E-state index contributed by atoms with van der Waals surface area (Å²) in [6.45, 7) is 1.38. The average Bonchev–Trinajstić information content (AvgIpc) is 2.39. The highest BCUT2D eigenvalue weighted by molar-refractivity contribution is 9.10. The fourth-order valence-electron chi connectivity index (χ4n) is 1.83. The summed E-state index contributed by atoms with van der Waals surface area (Å²) in [6, 6.07) is 10.3. The first-order valence-corrected chi connectivity index (χ1v) is 6.58. The first-order valence-electron chi connectivity index (χ1n) is 5.78. The minimum Gasteiger partial charge on any atom is -0.370 e. The lowest BCUT2D eigenvalue weighted by atomic mass is 10.2. The van der Waals surface area contributed by atoms with E-state index in [9.17, 15) is 0 Å². The van der Waals surface area contributed by atoms with Crippen LogP contribution in [0, 0.1) is 0 Å². The molecule has 0 aliphatic heterocycles. The van der Waals surface area contributed by atoms with Crippen LogP contribution in [-0.4, -0.2) is 12.0 Å². The Bertz CT molecular complexity index is 514. The number of pyridine rings is 1. The maximum atomic E-state index is 5.69. The second kappa shape index (κ2) is 5.98. The quantitative estimate of drug-likeness (QED) is 0.944. The van der Waals surface area contributed by atoms with Gasteiger partial charge in [0.15, 0.2) is 0 Å².